The van der Waals surface area contributed by atoms with Gasteiger partial charge in [-0.2, -0.15) is 0 Å². The molecule has 1 aliphatic heterocycles. The van der Waals surface area contributed by atoms with Crippen LogP contribution >= 0.6 is 0 Å². The average Bonchev–Trinajstić information content (AvgIpc) is 3.11. The van der Waals surface area contributed by atoms with E-state index in [1.807, 2.05) is 27.7 Å². The van der Waals surface area contributed by atoms with Crippen molar-refractivity contribution in [3.63, 3.8) is 0 Å². The molecule has 4 rings (SSSR count). The molecule has 1 N–H and O–H groups in total. The van der Waals surface area contributed by atoms with Crippen molar-refractivity contribution in [1.82, 2.24) is 4.98 Å². The van der Waals surface area contributed by atoms with E-state index in [4.69, 9.17) is 9.47 Å². The van der Waals surface area contributed by atoms with Crippen LogP contribution in [0, 0.1) is 6.92 Å². The number of ketones is 1. The molecule has 2 aromatic carbocycles. The lowest BCUT2D eigenvalue weighted by Gasteiger charge is -2.25. The molecule has 2 heterocycles. The second-order valence-electron chi connectivity index (χ2n) is 8.50. The molecule has 180 valence electrons. The van der Waals surface area contributed by atoms with Crippen molar-refractivity contribution in [1.29, 1.82) is 0 Å². The topological polar surface area (TPSA) is 89.0 Å². The molecule has 1 aromatic heterocycles. The second kappa shape index (κ2) is 10.0. The molecular formula is C28H28N2O5. The number of anilines is 1. The fraction of sp³-hybridized carbons (Fsp3) is 0.250. The maximum Gasteiger partial charge on any atom is 0.300 e. The number of aliphatic hydroxyl groups excluding tert-OH is 1. The lowest BCUT2D eigenvalue weighted by Crippen LogP contribution is -2.29. The van der Waals surface area contributed by atoms with E-state index in [9.17, 15) is 14.7 Å². The molecule has 7 heteroatoms. The zero-order valence-corrected chi connectivity index (χ0v) is 20.2. The van der Waals surface area contributed by atoms with Crippen LogP contribution in [0.25, 0.3) is 5.76 Å². The van der Waals surface area contributed by atoms with Gasteiger partial charge in [-0.1, -0.05) is 12.1 Å². The monoisotopic (exact) mass is 472 g/mol. The van der Waals surface area contributed by atoms with E-state index in [0.717, 1.165) is 5.56 Å². The fourth-order valence-corrected chi connectivity index (χ4v) is 4.14. The van der Waals surface area contributed by atoms with Gasteiger partial charge in [0.1, 0.15) is 23.3 Å². The van der Waals surface area contributed by atoms with Crippen molar-refractivity contribution >= 4 is 23.1 Å². The van der Waals surface area contributed by atoms with E-state index < -0.39 is 17.7 Å². The molecule has 1 saturated heterocycles. The Bertz CT molecular complexity index is 1280. The molecule has 0 saturated carbocycles. The summed E-state index contributed by atoms with van der Waals surface area (Å²) in [5.41, 5.74) is 2.14. The number of carbonyl (C=O) groups is 2. The van der Waals surface area contributed by atoms with Crippen LogP contribution in [0.5, 0.6) is 11.5 Å². The summed E-state index contributed by atoms with van der Waals surface area (Å²) < 4.78 is 11.4. The summed E-state index contributed by atoms with van der Waals surface area (Å²) in [6, 6.07) is 16.5. The van der Waals surface area contributed by atoms with Gasteiger partial charge in [-0.05, 0) is 75.7 Å². The van der Waals surface area contributed by atoms with E-state index in [0.29, 0.717) is 35.1 Å². The average molecular weight is 473 g/mol. The summed E-state index contributed by atoms with van der Waals surface area (Å²) in [7, 11) is 0. The van der Waals surface area contributed by atoms with Gasteiger partial charge >= 0.3 is 0 Å². The summed E-state index contributed by atoms with van der Waals surface area (Å²) in [6.07, 6.45) is 1.59. The van der Waals surface area contributed by atoms with Gasteiger partial charge < -0.3 is 14.6 Å². The Labute approximate surface area is 204 Å². The quantitative estimate of drug-likeness (QED) is 0.289. The molecule has 3 aromatic rings. The van der Waals surface area contributed by atoms with Gasteiger partial charge in [0.25, 0.3) is 11.7 Å². The SMILES string of the molecule is CCOc1cccc(N2C(=O)C(=O)/C(=C(\O)c3ccc(OC(C)C)c(C)c3)C2c2ccccn2)c1. The minimum Gasteiger partial charge on any atom is -0.507 e. The highest BCUT2D eigenvalue weighted by Gasteiger charge is 2.47. The number of amides is 1. The largest absolute Gasteiger partial charge is 0.507 e. The van der Waals surface area contributed by atoms with Crippen molar-refractivity contribution < 1.29 is 24.2 Å². The summed E-state index contributed by atoms with van der Waals surface area (Å²) in [5, 5.41) is 11.3. The number of rotatable bonds is 7. The minimum absolute atomic E-state index is 0.00456. The van der Waals surface area contributed by atoms with Crippen LogP contribution in [0.4, 0.5) is 5.69 Å². The number of pyridine rings is 1. The zero-order chi connectivity index (χ0) is 25.1. The predicted octanol–water partition coefficient (Wildman–Crippen LogP) is 5.20. The first-order valence-electron chi connectivity index (χ1n) is 11.5. The lowest BCUT2D eigenvalue weighted by atomic mass is 9.97. The van der Waals surface area contributed by atoms with Crippen LogP contribution < -0.4 is 14.4 Å². The number of aromatic nitrogens is 1. The van der Waals surface area contributed by atoms with Gasteiger partial charge in [0, 0.05) is 23.5 Å². The summed E-state index contributed by atoms with van der Waals surface area (Å²) >= 11 is 0. The van der Waals surface area contributed by atoms with Crippen LogP contribution in [-0.4, -0.2) is 34.5 Å². The van der Waals surface area contributed by atoms with Crippen LogP contribution in [0.1, 0.15) is 43.6 Å². The Balaban J connectivity index is 1.87. The van der Waals surface area contributed by atoms with Gasteiger partial charge in [-0.3, -0.25) is 19.5 Å². The number of Topliss-reactive ketones (excluding diaryl/α,β-unsaturated/α-hetero) is 1. The van der Waals surface area contributed by atoms with Crippen LogP contribution in [0.3, 0.4) is 0 Å². The van der Waals surface area contributed by atoms with Gasteiger partial charge in [-0.15, -0.1) is 0 Å². The molecule has 1 fully saturated rings. The second-order valence-corrected chi connectivity index (χ2v) is 8.50. The summed E-state index contributed by atoms with van der Waals surface area (Å²) in [4.78, 5) is 32.4. The number of hydrogen-bond donors (Lipinski definition) is 1. The number of aliphatic hydroxyl groups is 1. The number of benzene rings is 2. The number of carbonyl (C=O) groups excluding carboxylic acids is 2. The number of ether oxygens (including phenoxy) is 2. The number of nitrogens with zero attached hydrogens (tertiary/aromatic N) is 2. The van der Waals surface area contributed by atoms with Gasteiger partial charge in [-0.25, -0.2) is 0 Å². The lowest BCUT2D eigenvalue weighted by molar-refractivity contribution is -0.132. The van der Waals surface area contributed by atoms with Crippen LogP contribution in [0.15, 0.2) is 72.4 Å². The molecule has 0 aliphatic carbocycles. The molecule has 1 aliphatic rings. The standard InChI is InChI=1S/C28H28N2O5/c1-5-34-21-10-8-9-20(16-21)30-25(22-11-6-7-14-29-22)24(27(32)28(30)33)26(31)19-12-13-23(18(4)15-19)35-17(2)3/h6-17,25,31H,5H2,1-4H3/b26-24-. The Morgan fingerprint density at radius 1 is 1.09 bits per heavy atom. The number of aryl methyl sites for hydroxylation is 1. The van der Waals surface area contributed by atoms with Crippen molar-refractivity contribution in [2.24, 2.45) is 0 Å². The van der Waals surface area contributed by atoms with E-state index in [-0.39, 0.29) is 17.4 Å². The first-order valence-corrected chi connectivity index (χ1v) is 11.5. The van der Waals surface area contributed by atoms with Gasteiger partial charge in [0.2, 0.25) is 0 Å². The van der Waals surface area contributed by atoms with Crippen molar-refractivity contribution in [2.45, 2.75) is 39.8 Å². The Kier molecular flexibility index (Phi) is 6.87. The smallest absolute Gasteiger partial charge is 0.300 e. The normalized spacial score (nSPS) is 17.2. The summed E-state index contributed by atoms with van der Waals surface area (Å²) in [5.74, 6) is -0.525. The molecule has 0 radical (unpaired) electrons. The first-order chi connectivity index (χ1) is 16.8. The Hall–Kier alpha value is -4.13. The Morgan fingerprint density at radius 3 is 2.54 bits per heavy atom. The van der Waals surface area contributed by atoms with E-state index in [2.05, 4.69) is 4.98 Å². The van der Waals surface area contributed by atoms with Crippen molar-refractivity contribution in [3.8, 4) is 11.5 Å². The highest BCUT2D eigenvalue weighted by molar-refractivity contribution is 6.51. The highest BCUT2D eigenvalue weighted by Crippen LogP contribution is 2.42. The fourth-order valence-electron chi connectivity index (χ4n) is 4.14. The molecular weight excluding hydrogens is 444 g/mol. The maximum atomic E-state index is 13.3. The van der Waals surface area contributed by atoms with Crippen molar-refractivity contribution in [2.75, 3.05) is 11.5 Å². The van der Waals surface area contributed by atoms with E-state index >= 15 is 0 Å². The van der Waals surface area contributed by atoms with E-state index in [1.54, 1.807) is 66.9 Å². The first kappa shape index (κ1) is 24.0. The molecule has 0 bridgehead atoms. The van der Waals surface area contributed by atoms with Gasteiger partial charge in [0.05, 0.1) is 24.0 Å². The summed E-state index contributed by atoms with van der Waals surface area (Å²) in [6.45, 7) is 8.06. The van der Waals surface area contributed by atoms with Gasteiger partial charge in [0.15, 0.2) is 0 Å². The van der Waals surface area contributed by atoms with Crippen molar-refractivity contribution in [3.05, 3.63) is 89.3 Å². The van der Waals surface area contributed by atoms with Crippen LogP contribution in [0.2, 0.25) is 0 Å². The minimum atomic E-state index is -0.903. The molecule has 1 unspecified atom stereocenters. The van der Waals surface area contributed by atoms with Crippen LogP contribution in [-0.2, 0) is 9.59 Å². The zero-order valence-electron chi connectivity index (χ0n) is 20.2. The molecule has 1 amide bonds. The predicted molar refractivity (Wildman–Crippen MR) is 134 cm³/mol. The maximum absolute atomic E-state index is 13.3. The highest BCUT2D eigenvalue weighted by atomic mass is 16.5. The number of hydrogen-bond acceptors (Lipinski definition) is 6. The third kappa shape index (κ3) is 4.75. The Morgan fingerprint density at radius 2 is 1.89 bits per heavy atom. The molecule has 1 atom stereocenters. The molecule has 35 heavy (non-hydrogen) atoms. The van der Waals surface area contributed by atoms with E-state index in [1.165, 1.54) is 4.90 Å². The molecule has 7 nitrogen and oxygen atoms in total. The molecule has 0 spiro atoms. The third-order valence-electron chi connectivity index (χ3n) is 5.63. The third-order valence-corrected chi connectivity index (χ3v) is 5.63.